The third-order valence-corrected chi connectivity index (χ3v) is 6.08. The Morgan fingerprint density at radius 2 is 1.61 bits per heavy atom. The van der Waals surface area contributed by atoms with Gasteiger partial charge in [-0.1, -0.05) is 49.4 Å². The molecule has 0 aromatic heterocycles. The molecular weight excluding hydrogens is 418 g/mol. The quantitative estimate of drug-likeness (QED) is 0.583. The van der Waals surface area contributed by atoms with Gasteiger partial charge in [-0.3, -0.25) is 9.59 Å². The number of hydroxylamine groups is 2. The molecule has 2 aliphatic rings. The topological polar surface area (TPSA) is 72.9 Å². The number of rotatable bonds is 7. The third kappa shape index (κ3) is 5.40. The number of ether oxygens (including phenoxy) is 1. The van der Waals surface area contributed by atoms with Crippen LogP contribution in [0.15, 0.2) is 72.3 Å². The maximum absolute atomic E-state index is 12.3. The number of hydrogen-bond donors (Lipinski definition) is 0. The van der Waals surface area contributed by atoms with E-state index in [-0.39, 0.29) is 18.3 Å². The number of carbonyl (C=O) groups excluding carboxylic acids is 3. The summed E-state index contributed by atoms with van der Waals surface area (Å²) in [5.41, 5.74) is 3.93. The van der Waals surface area contributed by atoms with Gasteiger partial charge in [-0.2, -0.15) is 0 Å². The number of amides is 2. The molecule has 1 atom stereocenters. The summed E-state index contributed by atoms with van der Waals surface area (Å²) >= 11 is 0. The van der Waals surface area contributed by atoms with Gasteiger partial charge < -0.3 is 9.57 Å². The molecule has 1 unspecified atom stereocenters. The minimum atomic E-state index is -0.712. The number of hydrogen-bond acceptors (Lipinski definition) is 5. The van der Waals surface area contributed by atoms with Crippen LogP contribution in [0.2, 0.25) is 0 Å². The predicted molar refractivity (Wildman–Crippen MR) is 123 cm³/mol. The van der Waals surface area contributed by atoms with Crippen molar-refractivity contribution in [1.82, 2.24) is 5.06 Å². The lowest BCUT2D eigenvalue weighted by molar-refractivity contribution is -0.172. The summed E-state index contributed by atoms with van der Waals surface area (Å²) in [7, 11) is 1.67. The zero-order valence-corrected chi connectivity index (χ0v) is 18.9. The van der Waals surface area contributed by atoms with E-state index in [0.717, 1.165) is 30.6 Å². The van der Waals surface area contributed by atoms with Crippen molar-refractivity contribution in [3.63, 3.8) is 0 Å². The molecule has 1 aliphatic heterocycles. The minimum absolute atomic E-state index is 0.0656. The Labute approximate surface area is 193 Å². The zero-order chi connectivity index (χ0) is 23.4. The first-order valence-electron chi connectivity index (χ1n) is 11.0. The molecule has 1 fully saturated rings. The average Bonchev–Trinajstić information content (AvgIpc) is 3.13. The summed E-state index contributed by atoms with van der Waals surface area (Å²) in [6.45, 7) is 2.26. The number of imide groups is 1. The molecule has 0 N–H and O–H groups in total. The molecule has 1 saturated heterocycles. The van der Waals surface area contributed by atoms with Gasteiger partial charge in [-0.05, 0) is 65.6 Å². The number of methoxy groups -OCH3 is 1. The number of allylic oxidation sites excluding steroid dienone is 4. The van der Waals surface area contributed by atoms with Crippen LogP contribution in [0.1, 0.15) is 47.7 Å². The van der Waals surface area contributed by atoms with E-state index in [4.69, 9.17) is 9.57 Å². The number of benzene rings is 2. The monoisotopic (exact) mass is 445 g/mol. The first kappa shape index (κ1) is 22.5. The lowest BCUT2D eigenvalue weighted by atomic mass is 9.76. The Morgan fingerprint density at radius 1 is 0.970 bits per heavy atom. The van der Waals surface area contributed by atoms with Crippen molar-refractivity contribution in [1.29, 1.82) is 0 Å². The van der Waals surface area contributed by atoms with Crippen LogP contribution in [0, 0.1) is 5.41 Å². The Bertz CT molecular complexity index is 1100. The summed E-state index contributed by atoms with van der Waals surface area (Å²) in [6.07, 6.45) is 9.55. The maximum Gasteiger partial charge on any atom is 0.363 e. The molecule has 1 aliphatic carbocycles. The van der Waals surface area contributed by atoms with Gasteiger partial charge in [-0.25, -0.2) is 4.79 Å². The first-order valence-corrected chi connectivity index (χ1v) is 11.0. The summed E-state index contributed by atoms with van der Waals surface area (Å²) in [6, 6.07) is 15.2. The van der Waals surface area contributed by atoms with Crippen molar-refractivity contribution >= 4 is 17.8 Å². The standard InChI is InChI=1S/C27H27NO5/c1-27(18-21-5-9-23(32-2)10-6-21)15-13-20(14-16-27)17-19-3-7-22(8-4-19)26(31)33-28-24(29)11-12-25(28)30/h3-10,13-15H,11-12,16-18H2,1-2H3. The van der Waals surface area contributed by atoms with Gasteiger partial charge in [0.15, 0.2) is 0 Å². The highest BCUT2D eigenvalue weighted by Crippen LogP contribution is 2.34. The highest BCUT2D eigenvalue weighted by molar-refractivity contribution is 6.02. The lowest BCUT2D eigenvalue weighted by Gasteiger charge is -2.28. The molecule has 2 amide bonds. The van der Waals surface area contributed by atoms with Crippen LogP contribution in [0.3, 0.4) is 0 Å². The number of carbonyl (C=O) groups is 3. The van der Waals surface area contributed by atoms with Crippen LogP contribution in [-0.4, -0.2) is 30.0 Å². The van der Waals surface area contributed by atoms with E-state index in [1.807, 2.05) is 24.3 Å². The second-order valence-electron chi connectivity index (χ2n) is 8.83. The molecule has 170 valence electrons. The third-order valence-electron chi connectivity index (χ3n) is 6.08. The fourth-order valence-corrected chi connectivity index (χ4v) is 4.07. The van der Waals surface area contributed by atoms with E-state index in [1.54, 1.807) is 19.2 Å². The van der Waals surface area contributed by atoms with Crippen LogP contribution < -0.4 is 4.74 Å². The second kappa shape index (κ2) is 9.45. The van der Waals surface area contributed by atoms with Crippen molar-refractivity contribution in [3.8, 4) is 5.75 Å². The summed E-state index contributed by atoms with van der Waals surface area (Å²) in [5, 5.41) is 0.566. The Hall–Kier alpha value is -3.67. The van der Waals surface area contributed by atoms with E-state index in [2.05, 4.69) is 37.3 Å². The van der Waals surface area contributed by atoms with E-state index in [1.165, 1.54) is 11.1 Å². The molecule has 0 saturated carbocycles. The normalized spacial score (nSPS) is 20.1. The smallest absolute Gasteiger partial charge is 0.363 e. The molecule has 6 nitrogen and oxygen atoms in total. The highest BCUT2D eigenvalue weighted by atomic mass is 16.7. The van der Waals surface area contributed by atoms with E-state index in [0.29, 0.717) is 10.6 Å². The van der Waals surface area contributed by atoms with E-state index < -0.39 is 17.8 Å². The molecule has 2 aromatic rings. The second-order valence-corrected chi connectivity index (χ2v) is 8.83. The molecule has 0 spiro atoms. The van der Waals surface area contributed by atoms with Crippen LogP contribution in [0.5, 0.6) is 5.75 Å². The van der Waals surface area contributed by atoms with Gasteiger partial charge in [0.2, 0.25) is 0 Å². The van der Waals surface area contributed by atoms with Crippen molar-refractivity contribution < 1.29 is 24.0 Å². The number of nitrogens with zero attached hydrogens (tertiary/aromatic N) is 1. The molecule has 1 heterocycles. The maximum atomic E-state index is 12.3. The van der Waals surface area contributed by atoms with Gasteiger partial charge >= 0.3 is 5.97 Å². The zero-order valence-electron chi connectivity index (χ0n) is 18.9. The minimum Gasteiger partial charge on any atom is -0.497 e. The van der Waals surface area contributed by atoms with Crippen LogP contribution in [0.25, 0.3) is 0 Å². The van der Waals surface area contributed by atoms with Crippen molar-refractivity contribution in [3.05, 3.63) is 89.0 Å². The summed E-state index contributed by atoms with van der Waals surface area (Å²) in [5.74, 6) is -0.821. The fraction of sp³-hybridized carbons (Fsp3) is 0.296. The van der Waals surface area contributed by atoms with E-state index in [9.17, 15) is 14.4 Å². The molecule has 0 radical (unpaired) electrons. The van der Waals surface area contributed by atoms with Crippen molar-refractivity contribution in [2.45, 2.75) is 39.0 Å². The largest absolute Gasteiger partial charge is 0.497 e. The summed E-state index contributed by atoms with van der Waals surface area (Å²) < 4.78 is 5.24. The highest BCUT2D eigenvalue weighted by Gasteiger charge is 2.33. The molecule has 4 rings (SSSR count). The van der Waals surface area contributed by atoms with Crippen LogP contribution in [0.4, 0.5) is 0 Å². The molecule has 2 aromatic carbocycles. The van der Waals surface area contributed by atoms with Gasteiger partial charge in [0, 0.05) is 12.8 Å². The van der Waals surface area contributed by atoms with E-state index >= 15 is 0 Å². The first-order chi connectivity index (χ1) is 15.8. The Kier molecular flexibility index (Phi) is 6.45. The Morgan fingerprint density at radius 3 is 2.18 bits per heavy atom. The van der Waals surface area contributed by atoms with Gasteiger partial charge in [0.25, 0.3) is 11.8 Å². The molecule has 6 heteroatoms. The summed E-state index contributed by atoms with van der Waals surface area (Å²) in [4.78, 5) is 40.4. The fourth-order valence-electron chi connectivity index (χ4n) is 4.07. The average molecular weight is 446 g/mol. The molecule has 33 heavy (non-hydrogen) atoms. The van der Waals surface area contributed by atoms with Gasteiger partial charge in [0.1, 0.15) is 5.75 Å². The lowest BCUT2D eigenvalue weighted by Crippen LogP contribution is -2.32. The van der Waals surface area contributed by atoms with Crippen LogP contribution >= 0.6 is 0 Å². The predicted octanol–water partition coefficient (Wildman–Crippen LogP) is 4.59. The molecule has 0 bridgehead atoms. The van der Waals surface area contributed by atoms with Gasteiger partial charge in [0.05, 0.1) is 12.7 Å². The SMILES string of the molecule is COc1ccc(CC2(C)C=CC(Cc3ccc(C(=O)ON4C(=O)CCC4=O)cc3)=CC2)cc1. The molecular formula is C27H27NO5. The van der Waals surface area contributed by atoms with Crippen LogP contribution in [-0.2, 0) is 27.3 Å². The Balaban J connectivity index is 1.32. The van der Waals surface area contributed by atoms with Crippen molar-refractivity contribution in [2.75, 3.05) is 7.11 Å². The van der Waals surface area contributed by atoms with Crippen molar-refractivity contribution in [2.24, 2.45) is 5.41 Å². The van der Waals surface area contributed by atoms with Gasteiger partial charge in [-0.15, -0.1) is 5.06 Å².